The molecule has 0 bridgehead atoms. The lowest BCUT2D eigenvalue weighted by Crippen LogP contribution is -2.34. The number of hydrogen-bond acceptors (Lipinski definition) is 2. The van der Waals surface area contributed by atoms with E-state index in [2.05, 4.69) is 44.9 Å². The Hall–Kier alpha value is -0.280. The van der Waals surface area contributed by atoms with E-state index in [0.29, 0.717) is 17.8 Å². The third kappa shape index (κ3) is 2.21. The number of nitrogens with zero attached hydrogens (tertiary/aromatic N) is 2. The Morgan fingerprint density at radius 3 is 2.94 bits per heavy atom. The summed E-state index contributed by atoms with van der Waals surface area (Å²) in [4.78, 5) is 6.94. The molecular weight excluding hydrogens is 288 g/mol. The van der Waals surface area contributed by atoms with Gasteiger partial charge in [0, 0.05) is 22.9 Å². The Morgan fingerprint density at radius 1 is 1.56 bits per heavy atom. The highest BCUT2D eigenvalue weighted by atomic mass is 79.9. The molecule has 4 heteroatoms. The molecule has 0 radical (unpaired) electrons. The molecule has 0 aromatic carbocycles. The molecule has 1 aliphatic heterocycles. The molecule has 1 saturated heterocycles. The monoisotopic (exact) mass is 302 g/mol. The molecule has 16 heavy (non-hydrogen) atoms. The first kappa shape index (κ1) is 12.2. The third-order valence-electron chi connectivity index (χ3n) is 3.34. The second-order valence-electron chi connectivity index (χ2n) is 4.42. The van der Waals surface area contributed by atoms with Crippen molar-refractivity contribution in [3.05, 3.63) is 22.3 Å². The number of aryl methyl sites for hydroxylation is 1. The van der Waals surface area contributed by atoms with Crippen LogP contribution < -0.4 is 4.90 Å². The predicted molar refractivity (Wildman–Crippen MR) is 72.3 cm³/mol. The fourth-order valence-electron chi connectivity index (χ4n) is 2.22. The van der Waals surface area contributed by atoms with Gasteiger partial charge in [-0.2, -0.15) is 0 Å². The highest BCUT2D eigenvalue weighted by molar-refractivity contribution is 9.10. The Kier molecular flexibility index (Phi) is 3.75. The van der Waals surface area contributed by atoms with Crippen molar-refractivity contribution < 1.29 is 0 Å². The van der Waals surface area contributed by atoms with Crippen LogP contribution in [0.3, 0.4) is 0 Å². The average molecular weight is 304 g/mol. The van der Waals surface area contributed by atoms with Gasteiger partial charge in [-0.1, -0.05) is 6.92 Å². The van der Waals surface area contributed by atoms with Crippen LogP contribution in [0.15, 0.2) is 16.6 Å². The highest BCUT2D eigenvalue weighted by Crippen LogP contribution is 2.30. The van der Waals surface area contributed by atoms with E-state index in [1.807, 2.05) is 6.92 Å². The maximum Gasteiger partial charge on any atom is 0.129 e. The van der Waals surface area contributed by atoms with Crippen LogP contribution in [0, 0.1) is 12.8 Å². The fourth-order valence-corrected chi connectivity index (χ4v) is 2.91. The molecule has 1 fully saturated rings. The number of aromatic nitrogens is 1. The summed E-state index contributed by atoms with van der Waals surface area (Å²) in [5.41, 5.74) is 1.03. The van der Waals surface area contributed by atoms with Gasteiger partial charge < -0.3 is 4.90 Å². The van der Waals surface area contributed by atoms with Crippen LogP contribution in [0.25, 0.3) is 0 Å². The SMILES string of the molecule is Cc1nc(N2CCC(C)C2CCl)ccc1Br. The highest BCUT2D eigenvalue weighted by Gasteiger charge is 2.31. The van der Waals surface area contributed by atoms with E-state index in [1.165, 1.54) is 6.42 Å². The van der Waals surface area contributed by atoms with Gasteiger partial charge in [-0.3, -0.25) is 0 Å². The van der Waals surface area contributed by atoms with Crippen LogP contribution in [0.2, 0.25) is 0 Å². The van der Waals surface area contributed by atoms with Crippen LogP contribution in [-0.2, 0) is 0 Å². The first-order chi connectivity index (χ1) is 7.63. The Bertz CT molecular complexity index is 383. The molecule has 2 nitrogen and oxygen atoms in total. The molecule has 2 unspecified atom stereocenters. The Balaban J connectivity index is 2.27. The molecule has 0 saturated carbocycles. The molecule has 1 aromatic rings. The number of rotatable bonds is 2. The smallest absolute Gasteiger partial charge is 0.129 e. The van der Waals surface area contributed by atoms with E-state index >= 15 is 0 Å². The van der Waals surface area contributed by atoms with E-state index in [4.69, 9.17) is 11.6 Å². The van der Waals surface area contributed by atoms with E-state index in [9.17, 15) is 0 Å². The summed E-state index contributed by atoms with van der Waals surface area (Å²) in [5.74, 6) is 2.39. The van der Waals surface area contributed by atoms with E-state index in [-0.39, 0.29) is 0 Å². The minimum Gasteiger partial charge on any atom is -0.352 e. The molecule has 0 spiro atoms. The number of alkyl halides is 1. The van der Waals surface area contributed by atoms with Crippen molar-refractivity contribution in [3.63, 3.8) is 0 Å². The van der Waals surface area contributed by atoms with Gasteiger partial charge >= 0.3 is 0 Å². The number of pyridine rings is 1. The maximum atomic E-state index is 6.04. The largest absolute Gasteiger partial charge is 0.352 e. The summed E-state index contributed by atoms with van der Waals surface area (Å²) in [6, 6.07) is 4.55. The summed E-state index contributed by atoms with van der Waals surface area (Å²) < 4.78 is 1.06. The van der Waals surface area contributed by atoms with Crippen molar-refractivity contribution in [1.82, 2.24) is 4.98 Å². The predicted octanol–water partition coefficient (Wildman–Crippen LogP) is 3.61. The Morgan fingerprint density at radius 2 is 2.31 bits per heavy atom. The van der Waals surface area contributed by atoms with E-state index < -0.39 is 0 Å². The first-order valence-electron chi connectivity index (χ1n) is 5.59. The maximum absolute atomic E-state index is 6.04. The molecule has 88 valence electrons. The van der Waals surface area contributed by atoms with Gasteiger partial charge in [0.1, 0.15) is 5.82 Å². The van der Waals surface area contributed by atoms with Gasteiger partial charge in [0.15, 0.2) is 0 Å². The van der Waals surface area contributed by atoms with Gasteiger partial charge in [0.25, 0.3) is 0 Å². The van der Waals surface area contributed by atoms with Crippen molar-refractivity contribution in [3.8, 4) is 0 Å². The molecular formula is C12H16BrClN2. The van der Waals surface area contributed by atoms with Crippen molar-refractivity contribution in [2.75, 3.05) is 17.3 Å². The van der Waals surface area contributed by atoms with Gasteiger partial charge in [-0.05, 0) is 47.3 Å². The quantitative estimate of drug-likeness (QED) is 0.776. The molecule has 1 aliphatic rings. The van der Waals surface area contributed by atoms with Crippen LogP contribution in [0.5, 0.6) is 0 Å². The zero-order valence-corrected chi connectivity index (χ0v) is 11.9. The minimum absolute atomic E-state index is 0.426. The van der Waals surface area contributed by atoms with E-state index in [1.54, 1.807) is 0 Å². The summed E-state index contributed by atoms with van der Waals surface area (Å²) in [5, 5.41) is 0. The summed E-state index contributed by atoms with van der Waals surface area (Å²) in [7, 11) is 0. The summed E-state index contributed by atoms with van der Waals surface area (Å²) in [6.07, 6.45) is 1.20. The molecule has 2 atom stereocenters. The van der Waals surface area contributed by atoms with Crippen molar-refractivity contribution in [2.45, 2.75) is 26.3 Å². The van der Waals surface area contributed by atoms with Gasteiger partial charge in [0.2, 0.25) is 0 Å². The molecule has 2 heterocycles. The zero-order chi connectivity index (χ0) is 11.7. The van der Waals surface area contributed by atoms with Crippen LogP contribution in [0.4, 0.5) is 5.82 Å². The van der Waals surface area contributed by atoms with Gasteiger partial charge in [0.05, 0.1) is 5.69 Å². The fraction of sp³-hybridized carbons (Fsp3) is 0.583. The van der Waals surface area contributed by atoms with E-state index in [0.717, 1.165) is 22.5 Å². The lowest BCUT2D eigenvalue weighted by Gasteiger charge is -2.26. The molecule has 2 rings (SSSR count). The van der Waals surface area contributed by atoms with Crippen LogP contribution >= 0.6 is 27.5 Å². The second kappa shape index (κ2) is 4.92. The summed E-state index contributed by atoms with van der Waals surface area (Å²) in [6.45, 7) is 5.34. The number of hydrogen-bond donors (Lipinski definition) is 0. The normalized spacial score (nSPS) is 25.1. The zero-order valence-electron chi connectivity index (χ0n) is 9.58. The first-order valence-corrected chi connectivity index (χ1v) is 6.92. The summed E-state index contributed by atoms with van der Waals surface area (Å²) >= 11 is 9.51. The average Bonchev–Trinajstić information content (AvgIpc) is 2.63. The molecule has 1 aromatic heterocycles. The van der Waals surface area contributed by atoms with Crippen molar-refractivity contribution in [2.24, 2.45) is 5.92 Å². The molecule has 0 aliphatic carbocycles. The molecule has 0 amide bonds. The Labute approximate surface area is 110 Å². The lowest BCUT2D eigenvalue weighted by atomic mass is 10.1. The number of anilines is 1. The van der Waals surface area contributed by atoms with Crippen LogP contribution in [-0.4, -0.2) is 23.5 Å². The topological polar surface area (TPSA) is 16.1 Å². The second-order valence-corrected chi connectivity index (χ2v) is 5.58. The third-order valence-corrected chi connectivity index (χ3v) is 4.50. The standard InChI is InChI=1S/C12H16BrClN2/c1-8-5-6-16(11(8)7-14)12-4-3-10(13)9(2)15-12/h3-4,8,11H,5-7H2,1-2H3. The lowest BCUT2D eigenvalue weighted by molar-refractivity contribution is 0.548. The van der Waals surface area contributed by atoms with Crippen molar-refractivity contribution in [1.29, 1.82) is 0 Å². The van der Waals surface area contributed by atoms with Gasteiger partial charge in [-0.25, -0.2) is 4.98 Å². The van der Waals surface area contributed by atoms with Crippen LogP contribution in [0.1, 0.15) is 19.0 Å². The molecule has 0 N–H and O–H groups in total. The van der Waals surface area contributed by atoms with Gasteiger partial charge in [-0.15, -0.1) is 11.6 Å². The minimum atomic E-state index is 0.426. The number of halogens is 2. The van der Waals surface area contributed by atoms with Crippen molar-refractivity contribution >= 4 is 33.3 Å².